The van der Waals surface area contributed by atoms with E-state index in [2.05, 4.69) is 5.32 Å². The summed E-state index contributed by atoms with van der Waals surface area (Å²) in [7, 11) is -3.24. The van der Waals surface area contributed by atoms with Gasteiger partial charge in [-0.2, -0.15) is 0 Å². The molecule has 0 saturated heterocycles. The molecule has 1 amide bonds. The summed E-state index contributed by atoms with van der Waals surface area (Å²) in [6.07, 6.45) is 1.01. The van der Waals surface area contributed by atoms with E-state index in [1.807, 2.05) is 0 Å². The first-order chi connectivity index (χ1) is 8.82. The lowest BCUT2D eigenvalue weighted by Crippen LogP contribution is -2.49. The smallest absolute Gasteiger partial charge is 0.329 e. The Morgan fingerprint density at radius 3 is 2.10 bits per heavy atom. The molecule has 21 heavy (non-hydrogen) atoms. The highest BCUT2D eigenvalue weighted by Crippen LogP contribution is 2.10. The molecule has 0 aromatic heterocycles. The number of carbonyl (C=O) groups excluding carboxylic acids is 2. The fraction of sp³-hybridized carbons (Fsp3) is 0.833. The van der Waals surface area contributed by atoms with Crippen LogP contribution in [0.5, 0.6) is 0 Å². The number of sulfone groups is 1. The monoisotopic (exact) mass is 344 g/mol. The first kappa shape index (κ1) is 22.4. The first-order valence-corrected chi connectivity index (χ1v) is 8.34. The van der Waals surface area contributed by atoms with Gasteiger partial charge in [-0.1, -0.05) is 0 Å². The van der Waals surface area contributed by atoms with Crippen molar-refractivity contribution in [1.29, 1.82) is 0 Å². The van der Waals surface area contributed by atoms with Crippen molar-refractivity contribution in [3.63, 3.8) is 0 Å². The van der Waals surface area contributed by atoms with E-state index in [9.17, 15) is 18.0 Å². The van der Waals surface area contributed by atoms with Crippen LogP contribution in [0.25, 0.3) is 0 Å². The molecule has 0 aromatic rings. The maximum Gasteiger partial charge on any atom is 0.329 e. The lowest BCUT2D eigenvalue weighted by atomic mass is 10.1. The third-order valence-corrected chi connectivity index (χ3v) is 3.18. The van der Waals surface area contributed by atoms with Crippen molar-refractivity contribution >= 4 is 34.1 Å². The highest BCUT2D eigenvalue weighted by molar-refractivity contribution is 7.90. The van der Waals surface area contributed by atoms with Gasteiger partial charge in [0, 0.05) is 6.26 Å². The Bertz CT molecular complexity index is 457. The number of rotatable bonds is 6. The fourth-order valence-electron chi connectivity index (χ4n) is 1.26. The van der Waals surface area contributed by atoms with E-state index in [1.165, 1.54) is 6.92 Å². The molecule has 2 unspecified atom stereocenters. The van der Waals surface area contributed by atoms with Crippen molar-refractivity contribution in [3.05, 3.63) is 0 Å². The van der Waals surface area contributed by atoms with Crippen LogP contribution < -0.4 is 11.1 Å². The molecule has 9 heteroatoms. The minimum absolute atomic E-state index is 0. The van der Waals surface area contributed by atoms with Crippen molar-refractivity contribution in [3.8, 4) is 0 Å². The lowest BCUT2D eigenvalue weighted by Gasteiger charge is -2.25. The van der Waals surface area contributed by atoms with E-state index in [4.69, 9.17) is 10.5 Å². The molecule has 0 bridgehead atoms. The molecule has 0 spiro atoms. The number of esters is 1. The third-order valence-electron chi connectivity index (χ3n) is 2.20. The summed E-state index contributed by atoms with van der Waals surface area (Å²) in [4.78, 5) is 23.5. The van der Waals surface area contributed by atoms with E-state index in [0.29, 0.717) is 0 Å². The number of ether oxygens (including phenoxy) is 1. The third kappa shape index (κ3) is 11.5. The van der Waals surface area contributed by atoms with E-state index in [1.54, 1.807) is 20.8 Å². The van der Waals surface area contributed by atoms with E-state index >= 15 is 0 Å². The molecule has 0 fully saturated rings. The van der Waals surface area contributed by atoms with Crippen molar-refractivity contribution in [2.24, 2.45) is 5.73 Å². The molecule has 0 aliphatic rings. The Morgan fingerprint density at radius 2 is 1.76 bits per heavy atom. The molecular formula is C12H25ClN2O5S. The molecule has 0 aliphatic heterocycles. The number of nitrogens with one attached hydrogen (secondary N) is 1. The van der Waals surface area contributed by atoms with Gasteiger partial charge >= 0.3 is 5.97 Å². The highest BCUT2D eigenvalue weighted by atomic mass is 35.5. The lowest BCUT2D eigenvalue weighted by molar-refractivity contribution is -0.158. The van der Waals surface area contributed by atoms with Crippen LogP contribution in [-0.4, -0.2) is 50.0 Å². The van der Waals surface area contributed by atoms with E-state index in [0.717, 1.165) is 6.26 Å². The number of hydrogen-bond donors (Lipinski definition) is 2. The summed E-state index contributed by atoms with van der Waals surface area (Å²) in [5.41, 5.74) is 4.69. The van der Waals surface area contributed by atoms with E-state index < -0.39 is 39.4 Å². The maximum atomic E-state index is 12.0. The van der Waals surface area contributed by atoms with Crippen LogP contribution in [0, 0.1) is 0 Å². The maximum absolute atomic E-state index is 12.0. The van der Waals surface area contributed by atoms with Gasteiger partial charge in [0.15, 0.2) is 0 Å². The summed E-state index contributed by atoms with van der Waals surface area (Å²) in [5.74, 6) is -1.43. The number of halogens is 1. The molecule has 0 saturated carbocycles. The first-order valence-electron chi connectivity index (χ1n) is 6.28. The van der Waals surface area contributed by atoms with Crippen LogP contribution in [0.3, 0.4) is 0 Å². The molecule has 126 valence electrons. The average Bonchev–Trinajstić information content (AvgIpc) is 2.19. The summed E-state index contributed by atoms with van der Waals surface area (Å²) >= 11 is 0. The zero-order chi connectivity index (χ0) is 16.1. The van der Waals surface area contributed by atoms with Gasteiger partial charge in [-0.15, -0.1) is 12.4 Å². The molecule has 0 aliphatic carbocycles. The Balaban J connectivity index is 0. The minimum atomic E-state index is -3.24. The average molecular weight is 345 g/mol. The number of carbonyl (C=O) groups is 2. The van der Waals surface area contributed by atoms with Crippen molar-refractivity contribution in [2.75, 3.05) is 12.0 Å². The van der Waals surface area contributed by atoms with Crippen molar-refractivity contribution in [2.45, 2.75) is 51.8 Å². The second-order valence-electron chi connectivity index (χ2n) is 5.80. The summed E-state index contributed by atoms with van der Waals surface area (Å²) in [6.45, 7) is 6.53. The normalized spacial score (nSPS) is 14.6. The van der Waals surface area contributed by atoms with E-state index in [-0.39, 0.29) is 24.6 Å². The Morgan fingerprint density at radius 1 is 1.29 bits per heavy atom. The van der Waals surface area contributed by atoms with Crippen LogP contribution >= 0.6 is 12.4 Å². The van der Waals surface area contributed by atoms with Gasteiger partial charge in [-0.25, -0.2) is 13.2 Å². The van der Waals surface area contributed by atoms with Gasteiger partial charge in [0.25, 0.3) is 0 Å². The predicted molar refractivity (Wildman–Crippen MR) is 83.0 cm³/mol. The molecule has 7 nitrogen and oxygen atoms in total. The fourth-order valence-corrected chi connectivity index (χ4v) is 1.92. The molecule has 0 radical (unpaired) electrons. The van der Waals surface area contributed by atoms with Crippen LogP contribution in [0.1, 0.15) is 34.1 Å². The SMILES string of the molecule is CC(N)C(=O)NC(CCS(C)(=O)=O)C(=O)OC(C)(C)C.Cl. The molecule has 0 rings (SSSR count). The Labute approximate surface area is 132 Å². The second kappa shape index (κ2) is 8.55. The van der Waals surface area contributed by atoms with Crippen molar-refractivity contribution < 1.29 is 22.7 Å². The van der Waals surface area contributed by atoms with Gasteiger partial charge in [0.2, 0.25) is 5.91 Å². The van der Waals surface area contributed by atoms with Crippen LogP contribution in [-0.2, 0) is 24.2 Å². The van der Waals surface area contributed by atoms with Gasteiger partial charge in [0.1, 0.15) is 21.5 Å². The zero-order valence-corrected chi connectivity index (χ0v) is 14.6. The summed E-state index contributed by atoms with van der Waals surface area (Å²) < 4.78 is 27.5. The largest absolute Gasteiger partial charge is 0.458 e. The number of nitrogens with two attached hydrogens (primary N) is 1. The number of hydrogen-bond acceptors (Lipinski definition) is 6. The highest BCUT2D eigenvalue weighted by Gasteiger charge is 2.28. The zero-order valence-electron chi connectivity index (χ0n) is 13.0. The molecular weight excluding hydrogens is 320 g/mol. The van der Waals surface area contributed by atoms with Crippen molar-refractivity contribution in [1.82, 2.24) is 5.32 Å². The van der Waals surface area contributed by atoms with Gasteiger partial charge in [0.05, 0.1) is 11.8 Å². The van der Waals surface area contributed by atoms with Gasteiger partial charge in [-0.05, 0) is 34.1 Å². The minimum Gasteiger partial charge on any atom is -0.458 e. The summed E-state index contributed by atoms with van der Waals surface area (Å²) in [6, 6.07) is -1.82. The molecule has 2 atom stereocenters. The standard InChI is InChI=1S/C12H24N2O5S.ClH/c1-8(13)10(15)14-9(6-7-20(5,17)18)11(16)19-12(2,3)4;/h8-9H,6-7,13H2,1-5H3,(H,14,15);1H. The molecule has 0 heterocycles. The molecule has 3 N–H and O–H groups in total. The summed E-state index contributed by atoms with van der Waals surface area (Å²) in [5, 5.41) is 2.41. The number of amides is 1. The second-order valence-corrected chi connectivity index (χ2v) is 8.06. The topological polar surface area (TPSA) is 116 Å². The molecule has 0 aromatic carbocycles. The van der Waals surface area contributed by atoms with Crippen LogP contribution in [0.4, 0.5) is 0 Å². The van der Waals surface area contributed by atoms with Crippen LogP contribution in [0.2, 0.25) is 0 Å². The van der Waals surface area contributed by atoms with Gasteiger partial charge < -0.3 is 15.8 Å². The predicted octanol–water partition coefficient (Wildman–Crippen LogP) is 0.0166. The Kier molecular flexibility index (Phi) is 9.13. The van der Waals surface area contributed by atoms with Crippen LogP contribution in [0.15, 0.2) is 0 Å². The van der Waals surface area contributed by atoms with Gasteiger partial charge in [-0.3, -0.25) is 4.79 Å². The Hall–Kier alpha value is -0.860. The quantitative estimate of drug-likeness (QED) is 0.656.